The van der Waals surface area contributed by atoms with Crippen LogP contribution in [0.15, 0.2) is 24.3 Å². The molecule has 3 N–H and O–H groups in total. The van der Waals surface area contributed by atoms with Crippen LogP contribution in [-0.4, -0.2) is 18.1 Å². The van der Waals surface area contributed by atoms with Crippen molar-refractivity contribution in [2.45, 2.75) is 38.4 Å². The summed E-state index contributed by atoms with van der Waals surface area (Å²) in [7, 11) is 0. The Morgan fingerprint density at radius 3 is 2.88 bits per heavy atom. The van der Waals surface area contributed by atoms with Crippen molar-refractivity contribution in [1.29, 1.82) is 0 Å². The van der Waals surface area contributed by atoms with Crippen LogP contribution in [0.4, 0.5) is 11.4 Å². The topological polar surface area (TPSA) is 64.3 Å². The molecule has 1 aromatic rings. The molecule has 0 spiro atoms. The summed E-state index contributed by atoms with van der Waals surface area (Å²) >= 11 is 0. The first-order valence-electron chi connectivity index (χ1n) is 5.97. The van der Waals surface area contributed by atoms with E-state index in [2.05, 4.69) is 5.32 Å². The molecule has 0 saturated heterocycles. The zero-order valence-corrected chi connectivity index (χ0v) is 9.98. The second kappa shape index (κ2) is 5.19. The van der Waals surface area contributed by atoms with Gasteiger partial charge >= 0.3 is 0 Å². The normalized spacial score (nSPS) is 17.2. The number of ether oxygens (including phenoxy) is 1. The summed E-state index contributed by atoms with van der Waals surface area (Å²) in [5, 5.41) is 2.79. The van der Waals surface area contributed by atoms with Gasteiger partial charge in [0.15, 0.2) is 0 Å². The van der Waals surface area contributed by atoms with Crippen LogP contribution < -0.4 is 11.1 Å². The van der Waals surface area contributed by atoms with Crippen LogP contribution in [0.3, 0.4) is 0 Å². The van der Waals surface area contributed by atoms with Crippen LogP contribution in [0.1, 0.15) is 26.2 Å². The molecule has 0 aromatic heterocycles. The summed E-state index contributed by atoms with van der Waals surface area (Å²) in [6, 6.07) is 7.13. The number of carbonyl (C=O) groups is 1. The van der Waals surface area contributed by atoms with E-state index in [0.29, 0.717) is 11.4 Å². The van der Waals surface area contributed by atoms with E-state index in [1.165, 1.54) is 6.42 Å². The van der Waals surface area contributed by atoms with E-state index in [4.69, 9.17) is 10.5 Å². The fraction of sp³-hybridized carbons (Fsp3) is 0.462. The number of amides is 1. The molecule has 4 heteroatoms. The van der Waals surface area contributed by atoms with E-state index in [1.54, 1.807) is 19.1 Å². The molecule has 1 aliphatic carbocycles. The van der Waals surface area contributed by atoms with Gasteiger partial charge in [0.05, 0.1) is 6.10 Å². The molecule has 0 heterocycles. The van der Waals surface area contributed by atoms with E-state index in [-0.39, 0.29) is 12.0 Å². The maximum absolute atomic E-state index is 11.8. The van der Waals surface area contributed by atoms with E-state index in [0.717, 1.165) is 12.8 Å². The van der Waals surface area contributed by atoms with E-state index >= 15 is 0 Å². The first kappa shape index (κ1) is 11.9. The first-order valence-corrected chi connectivity index (χ1v) is 5.97. The quantitative estimate of drug-likeness (QED) is 0.785. The molecular weight excluding hydrogens is 216 g/mol. The van der Waals surface area contributed by atoms with Crippen LogP contribution in [0.5, 0.6) is 0 Å². The summed E-state index contributed by atoms with van der Waals surface area (Å²) in [4.78, 5) is 11.8. The Balaban J connectivity index is 1.87. The van der Waals surface area contributed by atoms with Crippen molar-refractivity contribution in [2.24, 2.45) is 0 Å². The van der Waals surface area contributed by atoms with Gasteiger partial charge in [-0.15, -0.1) is 0 Å². The van der Waals surface area contributed by atoms with Crippen molar-refractivity contribution >= 4 is 17.3 Å². The molecule has 1 aliphatic rings. The fourth-order valence-electron chi connectivity index (χ4n) is 1.72. The third kappa shape index (κ3) is 3.20. The molecule has 17 heavy (non-hydrogen) atoms. The number of carbonyl (C=O) groups excluding carboxylic acids is 1. The molecule has 2 rings (SSSR count). The zero-order valence-electron chi connectivity index (χ0n) is 9.98. The summed E-state index contributed by atoms with van der Waals surface area (Å²) in [6.07, 6.45) is 3.18. The summed E-state index contributed by atoms with van der Waals surface area (Å²) in [5.41, 5.74) is 6.98. The van der Waals surface area contributed by atoms with Crippen LogP contribution in [-0.2, 0) is 9.53 Å². The highest BCUT2D eigenvalue weighted by molar-refractivity contribution is 5.94. The number of rotatable bonds is 4. The Bertz CT molecular complexity index is 402. The number of nitrogens with one attached hydrogen (secondary N) is 1. The second-order valence-electron chi connectivity index (χ2n) is 4.45. The molecule has 1 atom stereocenters. The molecule has 0 radical (unpaired) electrons. The molecule has 0 bridgehead atoms. The molecule has 4 nitrogen and oxygen atoms in total. The van der Waals surface area contributed by atoms with E-state index in [1.807, 2.05) is 12.1 Å². The van der Waals surface area contributed by atoms with Crippen molar-refractivity contribution in [3.63, 3.8) is 0 Å². The summed E-state index contributed by atoms with van der Waals surface area (Å²) in [6.45, 7) is 1.78. The standard InChI is InChI=1S/C13H18N2O2/c1-9(17-12-6-3-7-12)13(16)15-11-5-2-4-10(14)8-11/h2,4-5,8-9,12H,3,6-7,14H2,1H3,(H,15,16). The Hall–Kier alpha value is -1.55. The minimum absolute atomic E-state index is 0.123. The van der Waals surface area contributed by atoms with E-state index in [9.17, 15) is 4.79 Å². The third-order valence-electron chi connectivity index (χ3n) is 2.97. The van der Waals surface area contributed by atoms with Crippen LogP contribution in [0.2, 0.25) is 0 Å². The van der Waals surface area contributed by atoms with Crippen LogP contribution >= 0.6 is 0 Å². The van der Waals surface area contributed by atoms with E-state index < -0.39 is 6.10 Å². The highest BCUT2D eigenvalue weighted by Gasteiger charge is 2.23. The molecule has 1 fully saturated rings. The third-order valence-corrected chi connectivity index (χ3v) is 2.97. The maximum Gasteiger partial charge on any atom is 0.253 e. The van der Waals surface area contributed by atoms with Crippen LogP contribution in [0.25, 0.3) is 0 Å². The predicted molar refractivity (Wildman–Crippen MR) is 67.7 cm³/mol. The monoisotopic (exact) mass is 234 g/mol. The van der Waals surface area contributed by atoms with Gasteiger partial charge in [0, 0.05) is 11.4 Å². The van der Waals surface area contributed by atoms with Crippen molar-refractivity contribution in [3.05, 3.63) is 24.3 Å². The van der Waals surface area contributed by atoms with Gasteiger partial charge in [0.2, 0.25) is 0 Å². The lowest BCUT2D eigenvalue weighted by Crippen LogP contribution is -2.34. The first-order chi connectivity index (χ1) is 8.15. The molecule has 1 amide bonds. The van der Waals surface area contributed by atoms with Crippen molar-refractivity contribution < 1.29 is 9.53 Å². The van der Waals surface area contributed by atoms with Gasteiger partial charge in [-0.05, 0) is 44.4 Å². The lowest BCUT2D eigenvalue weighted by Gasteiger charge is -2.28. The number of hydrogen-bond donors (Lipinski definition) is 2. The van der Waals surface area contributed by atoms with Gasteiger partial charge in [-0.3, -0.25) is 4.79 Å². The number of anilines is 2. The zero-order chi connectivity index (χ0) is 12.3. The minimum atomic E-state index is -0.415. The predicted octanol–water partition coefficient (Wildman–Crippen LogP) is 2.16. The Morgan fingerprint density at radius 1 is 1.53 bits per heavy atom. The number of hydrogen-bond acceptors (Lipinski definition) is 3. The lowest BCUT2D eigenvalue weighted by molar-refractivity contribution is -0.133. The molecular formula is C13H18N2O2. The average Bonchev–Trinajstić information content (AvgIpc) is 2.23. The highest BCUT2D eigenvalue weighted by atomic mass is 16.5. The smallest absolute Gasteiger partial charge is 0.253 e. The van der Waals surface area contributed by atoms with Gasteiger partial charge in [-0.25, -0.2) is 0 Å². The van der Waals surface area contributed by atoms with Crippen molar-refractivity contribution in [3.8, 4) is 0 Å². The molecule has 92 valence electrons. The summed E-state index contributed by atoms with van der Waals surface area (Å²) < 4.78 is 5.61. The largest absolute Gasteiger partial charge is 0.399 e. The molecule has 1 unspecified atom stereocenters. The van der Waals surface area contributed by atoms with Crippen LogP contribution in [0, 0.1) is 0 Å². The number of benzene rings is 1. The molecule has 1 saturated carbocycles. The van der Waals surface area contributed by atoms with Gasteiger partial charge in [0.1, 0.15) is 6.10 Å². The lowest BCUT2D eigenvalue weighted by atomic mass is 9.96. The fourth-order valence-corrected chi connectivity index (χ4v) is 1.72. The van der Waals surface area contributed by atoms with Gasteiger partial charge < -0.3 is 15.8 Å². The average molecular weight is 234 g/mol. The van der Waals surface area contributed by atoms with Gasteiger partial charge in [-0.1, -0.05) is 6.07 Å². The van der Waals surface area contributed by atoms with Gasteiger partial charge in [-0.2, -0.15) is 0 Å². The number of nitrogens with two attached hydrogens (primary N) is 1. The highest BCUT2D eigenvalue weighted by Crippen LogP contribution is 2.23. The maximum atomic E-state index is 11.8. The number of nitrogen functional groups attached to an aromatic ring is 1. The van der Waals surface area contributed by atoms with Crippen molar-refractivity contribution in [2.75, 3.05) is 11.1 Å². The SMILES string of the molecule is CC(OC1CCC1)C(=O)Nc1cccc(N)c1. The van der Waals surface area contributed by atoms with Gasteiger partial charge in [0.25, 0.3) is 5.91 Å². The summed E-state index contributed by atoms with van der Waals surface area (Å²) in [5.74, 6) is -0.123. The molecule has 1 aromatic carbocycles. The minimum Gasteiger partial charge on any atom is -0.399 e. The Morgan fingerprint density at radius 2 is 2.29 bits per heavy atom. The molecule has 0 aliphatic heterocycles. The Labute approximate surface area is 101 Å². The van der Waals surface area contributed by atoms with Crippen molar-refractivity contribution in [1.82, 2.24) is 0 Å². The Kier molecular flexibility index (Phi) is 3.64. The second-order valence-corrected chi connectivity index (χ2v) is 4.45.